The Kier molecular flexibility index (Phi) is 5.17. The maximum atomic E-state index is 12.0. The average molecular weight is 358 g/mol. The van der Waals surface area contributed by atoms with Gasteiger partial charge in [0, 0.05) is 36.2 Å². The summed E-state index contributed by atoms with van der Waals surface area (Å²) < 4.78 is 12.0. The van der Waals surface area contributed by atoms with Crippen LogP contribution in [0.5, 0.6) is 11.5 Å². The summed E-state index contributed by atoms with van der Waals surface area (Å²) in [6.45, 7) is 2.32. The Morgan fingerprint density at radius 2 is 2.09 bits per heavy atom. The van der Waals surface area contributed by atoms with Crippen molar-refractivity contribution in [3.8, 4) is 11.5 Å². The third-order valence-electron chi connectivity index (χ3n) is 3.36. The molecule has 9 heteroatoms. The van der Waals surface area contributed by atoms with E-state index in [1.54, 1.807) is 22.1 Å². The monoisotopic (exact) mass is 357 g/mol. The fourth-order valence-electron chi connectivity index (χ4n) is 2.17. The number of nitrogens with two attached hydrogens (primary N) is 1. The Balaban J connectivity index is 0.00000192. The second-order valence-electron chi connectivity index (χ2n) is 4.89. The minimum absolute atomic E-state index is 0. The molecule has 1 aromatic heterocycles. The normalized spacial score (nSPS) is 11.9. The third kappa shape index (κ3) is 3.59. The molecule has 0 aliphatic carbocycles. The SMILES string of the molecule is Cc1csc(=O)n1CCC(=O)Nc1cc2c(cc1N)OCO2.Cl. The average Bonchev–Trinajstić information content (AvgIpc) is 3.04. The highest BCUT2D eigenvalue weighted by Crippen LogP contribution is 2.38. The van der Waals surface area contributed by atoms with Crippen molar-refractivity contribution in [3.63, 3.8) is 0 Å². The van der Waals surface area contributed by atoms with Crippen LogP contribution in [0.1, 0.15) is 12.1 Å². The van der Waals surface area contributed by atoms with E-state index in [-0.39, 0.29) is 36.4 Å². The van der Waals surface area contributed by atoms with Crippen molar-refractivity contribution in [2.45, 2.75) is 19.9 Å². The number of nitrogen functional groups attached to an aromatic ring is 1. The van der Waals surface area contributed by atoms with Crippen LogP contribution in [0.25, 0.3) is 0 Å². The van der Waals surface area contributed by atoms with Crippen molar-refractivity contribution >= 4 is 41.0 Å². The fourth-order valence-corrected chi connectivity index (χ4v) is 2.93. The number of carbonyl (C=O) groups excluding carboxylic acids is 1. The number of hydrogen-bond acceptors (Lipinski definition) is 6. The molecule has 0 radical (unpaired) electrons. The van der Waals surface area contributed by atoms with E-state index in [0.29, 0.717) is 29.4 Å². The number of amides is 1. The lowest BCUT2D eigenvalue weighted by Gasteiger charge is -2.10. The van der Waals surface area contributed by atoms with Gasteiger partial charge < -0.3 is 25.1 Å². The first-order valence-corrected chi connectivity index (χ1v) is 7.56. The van der Waals surface area contributed by atoms with Crippen molar-refractivity contribution in [2.24, 2.45) is 0 Å². The molecule has 0 saturated heterocycles. The molecule has 0 bridgehead atoms. The molecular weight excluding hydrogens is 342 g/mol. The zero-order valence-corrected chi connectivity index (χ0v) is 14.0. The van der Waals surface area contributed by atoms with Gasteiger partial charge >= 0.3 is 4.87 Å². The van der Waals surface area contributed by atoms with Crippen molar-refractivity contribution in [1.82, 2.24) is 4.57 Å². The van der Waals surface area contributed by atoms with Crippen molar-refractivity contribution < 1.29 is 14.3 Å². The van der Waals surface area contributed by atoms with E-state index < -0.39 is 0 Å². The van der Waals surface area contributed by atoms with Gasteiger partial charge in [0.2, 0.25) is 12.7 Å². The van der Waals surface area contributed by atoms with Crippen molar-refractivity contribution in [1.29, 1.82) is 0 Å². The number of nitrogens with one attached hydrogen (secondary N) is 1. The molecule has 1 aliphatic heterocycles. The van der Waals surface area contributed by atoms with E-state index in [2.05, 4.69) is 5.32 Å². The highest BCUT2D eigenvalue weighted by atomic mass is 35.5. The first-order valence-electron chi connectivity index (χ1n) is 6.68. The van der Waals surface area contributed by atoms with E-state index in [0.717, 1.165) is 17.0 Å². The maximum absolute atomic E-state index is 12.0. The minimum atomic E-state index is -0.219. The van der Waals surface area contributed by atoms with Crippen LogP contribution < -0.4 is 25.4 Å². The van der Waals surface area contributed by atoms with Gasteiger partial charge in [-0.1, -0.05) is 11.3 Å². The summed E-state index contributed by atoms with van der Waals surface area (Å²) in [5, 5.41) is 4.50. The van der Waals surface area contributed by atoms with Crippen LogP contribution in [-0.2, 0) is 11.3 Å². The van der Waals surface area contributed by atoms with E-state index in [4.69, 9.17) is 15.2 Å². The van der Waals surface area contributed by atoms with Crippen LogP contribution in [0.3, 0.4) is 0 Å². The third-order valence-corrected chi connectivity index (χ3v) is 4.24. The number of halogens is 1. The molecule has 1 amide bonds. The van der Waals surface area contributed by atoms with Gasteiger partial charge in [-0.2, -0.15) is 0 Å². The van der Waals surface area contributed by atoms with Crippen molar-refractivity contribution in [3.05, 3.63) is 32.9 Å². The van der Waals surface area contributed by atoms with Gasteiger partial charge in [0.25, 0.3) is 0 Å². The molecule has 2 heterocycles. The maximum Gasteiger partial charge on any atom is 0.307 e. The summed E-state index contributed by atoms with van der Waals surface area (Å²) >= 11 is 1.13. The van der Waals surface area contributed by atoms with Gasteiger partial charge in [0.1, 0.15) is 0 Å². The van der Waals surface area contributed by atoms with Gasteiger partial charge in [0.05, 0.1) is 11.4 Å². The summed E-state index contributed by atoms with van der Waals surface area (Å²) in [6, 6.07) is 3.25. The molecule has 7 nitrogen and oxygen atoms in total. The van der Waals surface area contributed by atoms with Gasteiger partial charge in [-0.15, -0.1) is 12.4 Å². The number of anilines is 2. The fraction of sp³-hybridized carbons (Fsp3) is 0.286. The number of fused-ring (bicyclic) bond motifs is 1. The van der Waals surface area contributed by atoms with Crippen LogP contribution in [0.4, 0.5) is 11.4 Å². The molecule has 0 fully saturated rings. The molecule has 2 aromatic rings. The molecule has 0 spiro atoms. The van der Waals surface area contributed by atoms with Crippen LogP contribution in [0.15, 0.2) is 22.3 Å². The molecule has 0 saturated carbocycles. The standard InChI is InChI=1S/C14H15N3O4S.ClH/c1-8-6-22-14(19)17(8)3-2-13(18)16-10-5-12-11(4-9(10)15)20-7-21-12;/h4-6H,2-3,7,15H2,1H3,(H,16,18);1H. The number of ether oxygens (including phenoxy) is 2. The highest BCUT2D eigenvalue weighted by molar-refractivity contribution is 7.07. The Morgan fingerprint density at radius 3 is 2.74 bits per heavy atom. The number of rotatable bonds is 4. The minimum Gasteiger partial charge on any atom is -0.454 e. The lowest BCUT2D eigenvalue weighted by atomic mass is 10.2. The van der Waals surface area contributed by atoms with E-state index in [1.165, 1.54) is 0 Å². The molecule has 124 valence electrons. The lowest BCUT2D eigenvalue weighted by Crippen LogP contribution is -2.20. The molecule has 0 atom stereocenters. The van der Waals surface area contributed by atoms with Crippen LogP contribution in [0.2, 0.25) is 0 Å². The first-order chi connectivity index (χ1) is 10.5. The lowest BCUT2D eigenvalue weighted by molar-refractivity contribution is -0.116. The second-order valence-corrected chi connectivity index (χ2v) is 5.71. The Bertz CT molecular complexity index is 787. The zero-order chi connectivity index (χ0) is 15.7. The zero-order valence-electron chi connectivity index (χ0n) is 12.3. The number of hydrogen-bond donors (Lipinski definition) is 2. The van der Waals surface area contributed by atoms with E-state index in [1.807, 2.05) is 6.92 Å². The smallest absolute Gasteiger partial charge is 0.307 e. The number of thiazole rings is 1. The number of nitrogens with zero attached hydrogens (tertiary/aromatic N) is 1. The topological polar surface area (TPSA) is 95.6 Å². The second kappa shape index (κ2) is 6.93. The Labute approximate surface area is 142 Å². The Morgan fingerprint density at radius 1 is 1.39 bits per heavy atom. The summed E-state index contributed by atoms with van der Waals surface area (Å²) in [5.41, 5.74) is 7.61. The Hall–Kier alpha value is -2.19. The largest absolute Gasteiger partial charge is 0.454 e. The first kappa shape index (κ1) is 17.2. The number of benzene rings is 1. The summed E-state index contributed by atoms with van der Waals surface area (Å²) in [6.07, 6.45) is 0.186. The van der Waals surface area contributed by atoms with Crippen LogP contribution >= 0.6 is 23.7 Å². The van der Waals surface area contributed by atoms with Crippen LogP contribution in [0, 0.1) is 6.92 Å². The molecule has 1 aliphatic rings. The van der Waals surface area contributed by atoms with E-state index >= 15 is 0 Å². The van der Waals surface area contributed by atoms with Gasteiger partial charge in [-0.05, 0) is 6.92 Å². The number of carbonyl (C=O) groups is 1. The molecule has 3 N–H and O–H groups in total. The molecule has 1 aromatic carbocycles. The molecular formula is C14H16ClN3O4S. The van der Waals surface area contributed by atoms with Gasteiger partial charge in [-0.3, -0.25) is 9.59 Å². The summed E-state index contributed by atoms with van der Waals surface area (Å²) in [7, 11) is 0. The predicted octanol–water partition coefficient (Wildman–Crippen LogP) is 1.98. The van der Waals surface area contributed by atoms with Crippen LogP contribution in [-0.4, -0.2) is 17.3 Å². The molecule has 23 heavy (non-hydrogen) atoms. The number of aromatic nitrogens is 1. The molecule has 3 rings (SSSR count). The summed E-state index contributed by atoms with van der Waals surface area (Å²) in [5.74, 6) is 0.897. The molecule has 0 unspecified atom stereocenters. The quantitative estimate of drug-likeness (QED) is 0.816. The summed E-state index contributed by atoms with van der Waals surface area (Å²) in [4.78, 5) is 23.6. The van der Waals surface area contributed by atoms with Gasteiger partial charge in [-0.25, -0.2) is 0 Å². The van der Waals surface area contributed by atoms with Gasteiger partial charge in [0.15, 0.2) is 11.5 Å². The highest BCUT2D eigenvalue weighted by Gasteiger charge is 2.17. The van der Waals surface area contributed by atoms with E-state index in [9.17, 15) is 9.59 Å². The number of aryl methyl sites for hydroxylation is 1. The predicted molar refractivity (Wildman–Crippen MR) is 90.8 cm³/mol. The van der Waals surface area contributed by atoms with Crippen molar-refractivity contribution in [2.75, 3.05) is 17.8 Å².